The molecular formula is C21H18FN5O. The minimum absolute atomic E-state index is 0.312. The SMILES string of the molecule is Cc1cccc(Cn2nc(C)c3c(NC(=O)c4cccnc4)ccc(F)c32)n1. The molecule has 0 spiro atoms. The van der Waals surface area contributed by atoms with Crippen LogP contribution in [-0.4, -0.2) is 25.7 Å². The minimum Gasteiger partial charge on any atom is -0.321 e. The lowest BCUT2D eigenvalue weighted by Crippen LogP contribution is -2.12. The number of benzene rings is 1. The van der Waals surface area contributed by atoms with E-state index in [2.05, 4.69) is 20.4 Å². The van der Waals surface area contributed by atoms with Crippen molar-refractivity contribution in [3.8, 4) is 0 Å². The van der Waals surface area contributed by atoms with Gasteiger partial charge in [-0.2, -0.15) is 5.10 Å². The Hall–Kier alpha value is -3.61. The summed E-state index contributed by atoms with van der Waals surface area (Å²) in [7, 11) is 0. The smallest absolute Gasteiger partial charge is 0.257 e. The van der Waals surface area contributed by atoms with Crippen molar-refractivity contribution in [2.24, 2.45) is 0 Å². The maximum absolute atomic E-state index is 14.7. The average molecular weight is 375 g/mol. The van der Waals surface area contributed by atoms with Gasteiger partial charge in [0.15, 0.2) is 0 Å². The van der Waals surface area contributed by atoms with Gasteiger partial charge in [-0.3, -0.25) is 19.4 Å². The van der Waals surface area contributed by atoms with Crippen molar-refractivity contribution in [2.45, 2.75) is 20.4 Å². The van der Waals surface area contributed by atoms with Gasteiger partial charge in [-0.1, -0.05) is 6.07 Å². The van der Waals surface area contributed by atoms with E-state index in [1.165, 1.54) is 12.3 Å². The molecule has 0 saturated heterocycles. The quantitative estimate of drug-likeness (QED) is 0.587. The third kappa shape index (κ3) is 3.34. The first kappa shape index (κ1) is 17.8. The number of carbonyl (C=O) groups excluding carboxylic acids is 1. The van der Waals surface area contributed by atoms with Gasteiger partial charge in [-0.25, -0.2) is 4.39 Å². The Morgan fingerprint density at radius 1 is 1.14 bits per heavy atom. The summed E-state index contributed by atoms with van der Waals surface area (Å²) in [5.74, 6) is -0.712. The number of nitrogens with one attached hydrogen (secondary N) is 1. The number of pyridine rings is 2. The van der Waals surface area contributed by atoms with Crippen LogP contribution in [0.5, 0.6) is 0 Å². The molecule has 1 amide bonds. The fraction of sp³-hybridized carbons (Fsp3) is 0.143. The molecule has 0 unspecified atom stereocenters. The average Bonchev–Trinajstić information content (AvgIpc) is 3.02. The van der Waals surface area contributed by atoms with Crippen molar-refractivity contribution in [3.63, 3.8) is 0 Å². The molecule has 0 radical (unpaired) electrons. The van der Waals surface area contributed by atoms with E-state index in [4.69, 9.17) is 0 Å². The molecule has 0 saturated carbocycles. The summed E-state index contributed by atoms with van der Waals surface area (Å²) in [4.78, 5) is 20.9. The van der Waals surface area contributed by atoms with Crippen LogP contribution in [0.2, 0.25) is 0 Å². The number of hydrogen-bond donors (Lipinski definition) is 1. The second-order valence-electron chi connectivity index (χ2n) is 6.53. The van der Waals surface area contributed by atoms with E-state index in [0.29, 0.717) is 34.4 Å². The van der Waals surface area contributed by atoms with Crippen molar-refractivity contribution >= 4 is 22.5 Å². The van der Waals surface area contributed by atoms with Gasteiger partial charge in [0, 0.05) is 23.5 Å². The number of halogens is 1. The highest BCUT2D eigenvalue weighted by Gasteiger charge is 2.18. The summed E-state index contributed by atoms with van der Waals surface area (Å²) in [6.07, 6.45) is 3.08. The topological polar surface area (TPSA) is 72.7 Å². The highest BCUT2D eigenvalue weighted by molar-refractivity contribution is 6.09. The number of anilines is 1. The van der Waals surface area contributed by atoms with Gasteiger partial charge < -0.3 is 5.32 Å². The first-order valence-corrected chi connectivity index (χ1v) is 8.82. The van der Waals surface area contributed by atoms with E-state index >= 15 is 0 Å². The molecule has 28 heavy (non-hydrogen) atoms. The third-order valence-corrected chi connectivity index (χ3v) is 4.45. The van der Waals surface area contributed by atoms with Gasteiger partial charge in [0.1, 0.15) is 11.3 Å². The van der Waals surface area contributed by atoms with Gasteiger partial charge in [-0.05, 0) is 50.2 Å². The Kier molecular flexibility index (Phi) is 4.57. The maximum Gasteiger partial charge on any atom is 0.257 e. The standard InChI is InChI=1S/C21H18FN5O/c1-13-5-3-7-16(24-13)12-27-20-17(22)8-9-18(19(20)14(2)26-27)25-21(28)15-6-4-10-23-11-15/h3-11H,12H2,1-2H3,(H,25,28). The second kappa shape index (κ2) is 7.19. The fourth-order valence-corrected chi connectivity index (χ4v) is 3.22. The monoisotopic (exact) mass is 375 g/mol. The molecule has 0 aliphatic carbocycles. The first-order valence-electron chi connectivity index (χ1n) is 8.82. The van der Waals surface area contributed by atoms with Crippen LogP contribution in [0.25, 0.3) is 10.9 Å². The number of nitrogens with zero attached hydrogens (tertiary/aromatic N) is 4. The Bertz CT molecular complexity index is 1170. The second-order valence-corrected chi connectivity index (χ2v) is 6.53. The zero-order valence-electron chi connectivity index (χ0n) is 15.5. The predicted molar refractivity (Wildman–Crippen MR) is 105 cm³/mol. The maximum atomic E-state index is 14.7. The van der Waals surface area contributed by atoms with Crippen LogP contribution >= 0.6 is 0 Å². The van der Waals surface area contributed by atoms with Crippen LogP contribution in [0, 0.1) is 19.7 Å². The van der Waals surface area contributed by atoms with E-state index in [9.17, 15) is 9.18 Å². The molecule has 3 heterocycles. The molecule has 1 N–H and O–H groups in total. The number of fused-ring (bicyclic) bond motifs is 1. The molecule has 1 aromatic carbocycles. The molecule has 0 aliphatic rings. The summed E-state index contributed by atoms with van der Waals surface area (Å²) >= 11 is 0. The van der Waals surface area contributed by atoms with Gasteiger partial charge >= 0.3 is 0 Å². The molecule has 0 aliphatic heterocycles. The molecule has 6 nitrogen and oxygen atoms in total. The molecular weight excluding hydrogens is 357 g/mol. The number of hydrogen-bond acceptors (Lipinski definition) is 4. The number of aryl methyl sites for hydroxylation is 2. The number of rotatable bonds is 4. The Morgan fingerprint density at radius 2 is 2.00 bits per heavy atom. The van der Waals surface area contributed by atoms with E-state index in [1.807, 2.05) is 25.1 Å². The highest BCUT2D eigenvalue weighted by Crippen LogP contribution is 2.30. The largest absolute Gasteiger partial charge is 0.321 e. The summed E-state index contributed by atoms with van der Waals surface area (Å²) in [5.41, 5.74) is 3.57. The zero-order chi connectivity index (χ0) is 19.7. The normalized spacial score (nSPS) is 11.0. The Balaban J connectivity index is 1.75. The minimum atomic E-state index is -0.400. The zero-order valence-corrected chi connectivity index (χ0v) is 15.5. The summed E-state index contributed by atoms with van der Waals surface area (Å²) < 4.78 is 16.3. The number of amides is 1. The van der Waals surface area contributed by atoms with E-state index in [-0.39, 0.29) is 5.91 Å². The van der Waals surface area contributed by atoms with Crippen LogP contribution in [0.15, 0.2) is 54.9 Å². The van der Waals surface area contributed by atoms with Crippen LogP contribution in [0.3, 0.4) is 0 Å². The van der Waals surface area contributed by atoms with Crippen molar-refractivity contribution in [1.82, 2.24) is 19.7 Å². The van der Waals surface area contributed by atoms with Crippen molar-refractivity contribution in [1.29, 1.82) is 0 Å². The van der Waals surface area contributed by atoms with Crippen molar-refractivity contribution in [2.75, 3.05) is 5.32 Å². The molecule has 0 fully saturated rings. The number of aromatic nitrogens is 4. The third-order valence-electron chi connectivity index (χ3n) is 4.45. The van der Waals surface area contributed by atoms with Crippen molar-refractivity contribution in [3.05, 3.63) is 83.3 Å². The van der Waals surface area contributed by atoms with Crippen molar-refractivity contribution < 1.29 is 9.18 Å². The van der Waals surface area contributed by atoms with E-state index < -0.39 is 5.82 Å². The van der Waals surface area contributed by atoms with Gasteiger partial charge in [0.2, 0.25) is 0 Å². The molecule has 140 valence electrons. The summed E-state index contributed by atoms with van der Waals surface area (Å²) in [5, 5.41) is 7.90. The van der Waals surface area contributed by atoms with Gasteiger partial charge in [-0.15, -0.1) is 0 Å². The van der Waals surface area contributed by atoms with Crippen LogP contribution < -0.4 is 5.32 Å². The summed E-state index contributed by atoms with van der Waals surface area (Å²) in [6, 6.07) is 11.9. The first-order chi connectivity index (χ1) is 13.5. The van der Waals surface area contributed by atoms with Gasteiger partial charge in [0.05, 0.1) is 29.2 Å². The molecule has 7 heteroatoms. The fourth-order valence-electron chi connectivity index (χ4n) is 3.22. The van der Waals surface area contributed by atoms with E-state index in [1.54, 1.807) is 36.0 Å². The number of carbonyl (C=O) groups is 1. The molecule has 4 rings (SSSR count). The van der Waals surface area contributed by atoms with E-state index in [0.717, 1.165) is 11.4 Å². The molecule has 4 aromatic rings. The van der Waals surface area contributed by atoms with Gasteiger partial charge in [0.25, 0.3) is 5.91 Å². The summed E-state index contributed by atoms with van der Waals surface area (Å²) in [6.45, 7) is 4.03. The van der Waals surface area contributed by atoms with Crippen LogP contribution in [0.1, 0.15) is 27.4 Å². The lowest BCUT2D eigenvalue weighted by Gasteiger charge is -2.09. The predicted octanol–water partition coefficient (Wildman–Crippen LogP) is 3.88. The highest BCUT2D eigenvalue weighted by atomic mass is 19.1. The van der Waals surface area contributed by atoms with Crippen LogP contribution in [0.4, 0.5) is 10.1 Å². The van der Waals surface area contributed by atoms with Crippen LogP contribution in [-0.2, 0) is 6.54 Å². The molecule has 3 aromatic heterocycles. The Morgan fingerprint density at radius 3 is 2.75 bits per heavy atom. The lowest BCUT2D eigenvalue weighted by molar-refractivity contribution is 0.102. The molecule has 0 bridgehead atoms. The Labute approximate surface area is 161 Å². The molecule has 0 atom stereocenters. The lowest BCUT2D eigenvalue weighted by atomic mass is 10.1.